The molecule has 3 heteroatoms. The molecular formula is C12H15N3. The normalized spacial score (nSPS) is 16.9. The first-order valence-corrected chi connectivity index (χ1v) is 5.56. The first-order chi connectivity index (χ1) is 7.40. The molecule has 0 saturated heterocycles. The summed E-state index contributed by atoms with van der Waals surface area (Å²) in [6.45, 7) is 0.533. The fourth-order valence-electron chi connectivity index (χ4n) is 2.29. The van der Waals surface area contributed by atoms with Crippen molar-refractivity contribution in [3.05, 3.63) is 30.1 Å². The first kappa shape index (κ1) is 8.92. The zero-order valence-electron chi connectivity index (χ0n) is 8.69. The highest BCUT2D eigenvalue weighted by Gasteiger charge is 2.23. The number of rotatable bonds is 2. The number of nitrogens with zero attached hydrogens (tertiary/aromatic N) is 2. The summed E-state index contributed by atoms with van der Waals surface area (Å²) >= 11 is 0. The number of fused-ring (bicyclic) bond motifs is 1. The van der Waals surface area contributed by atoms with Crippen molar-refractivity contribution in [3.63, 3.8) is 0 Å². The van der Waals surface area contributed by atoms with Crippen molar-refractivity contribution in [2.24, 2.45) is 5.73 Å². The Labute approximate surface area is 88.9 Å². The number of nitrogens with two attached hydrogens (primary N) is 1. The fourth-order valence-corrected chi connectivity index (χ4v) is 2.29. The number of benzene rings is 1. The van der Waals surface area contributed by atoms with E-state index in [1.54, 1.807) is 0 Å². The molecule has 1 aliphatic carbocycles. The van der Waals surface area contributed by atoms with E-state index in [-0.39, 0.29) is 0 Å². The van der Waals surface area contributed by atoms with Crippen LogP contribution in [0, 0.1) is 0 Å². The van der Waals surface area contributed by atoms with Gasteiger partial charge in [0, 0.05) is 6.04 Å². The van der Waals surface area contributed by atoms with E-state index in [0.717, 1.165) is 11.3 Å². The maximum absolute atomic E-state index is 5.75. The van der Waals surface area contributed by atoms with E-state index in [1.165, 1.54) is 24.8 Å². The molecule has 1 aromatic carbocycles. The zero-order valence-corrected chi connectivity index (χ0v) is 8.69. The lowest BCUT2D eigenvalue weighted by Gasteiger charge is -2.29. The summed E-state index contributed by atoms with van der Waals surface area (Å²) in [5, 5.41) is 0. The Hall–Kier alpha value is -1.35. The van der Waals surface area contributed by atoms with E-state index >= 15 is 0 Å². The van der Waals surface area contributed by atoms with E-state index in [1.807, 2.05) is 6.07 Å². The molecule has 1 aromatic heterocycles. The molecule has 1 aliphatic rings. The van der Waals surface area contributed by atoms with Gasteiger partial charge in [0.15, 0.2) is 0 Å². The van der Waals surface area contributed by atoms with Crippen molar-refractivity contribution >= 4 is 11.0 Å². The maximum Gasteiger partial charge on any atom is 0.123 e. The molecule has 1 fully saturated rings. The first-order valence-electron chi connectivity index (χ1n) is 5.56. The average molecular weight is 201 g/mol. The van der Waals surface area contributed by atoms with Crippen molar-refractivity contribution in [2.45, 2.75) is 31.8 Å². The molecule has 78 valence electrons. The van der Waals surface area contributed by atoms with Crippen molar-refractivity contribution < 1.29 is 0 Å². The number of aromatic nitrogens is 2. The molecule has 0 radical (unpaired) electrons. The molecule has 3 rings (SSSR count). The van der Waals surface area contributed by atoms with Gasteiger partial charge in [0.05, 0.1) is 17.6 Å². The summed E-state index contributed by atoms with van der Waals surface area (Å²) in [5.41, 5.74) is 8.06. The topological polar surface area (TPSA) is 43.8 Å². The Morgan fingerprint density at radius 2 is 2.13 bits per heavy atom. The van der Waals surface area contributed by atoms with Crippen LogP contribution in [0.15, 0.2) is 24.3 Å². The minimum atomic E-state index is 0.533. The van der Waals surface area contributed by atoms with E-state index in [4.69, 9.17) is 5.73 Å². The predicted molar refractivity (Wildman–Crippen MR) is 60.5 cm³/mol. The molecule has 15 heavy (non-hydrogen) atoms. The highest BCUT2D eigenvalue weighted by molar-refractivity contribution is 5.76. The zero-order chi connectivity index (χ0) is 10.3. The number of hydrogen-bond donors (Lipinski definition) is 1. The third-order valence-corrected chi connectivity index (χ3v) is 3.29. The summed E-state index contributed by atoms with van der Waals surface area (Å²) in [6, 6.07) is 8.93. The number of hydrogen-bond acceptors (Lipinski definition) is 2. The van der Waals surface area contributed by atoms with Gasteiger partial charge in [-0.15, -0.1) is 0 Å². The lowest BCUT2D eigenvalue weighted by atomic mass is 9.92. The minimum absolute atomic E-state index is 0.533. The largest absolute Gasteiger partial charge is 0.324 e. The van der Waals surface area contributed by atoms with Crippen LogP contribution in [-0.4, -0.2) is 9.55 Å². The molecule has 2 N–H and O–H groups in total. The Bertz CT molecular complexity index is 483. The summed E-state index contributed by atoms with van der Waals surface area (Å²) in [6.07, 6.45) is 3.88. The van der Waals surface area contributed by atoms with Crippen molar-refractivity contribution in [3.8, 4) is 0 Å². The summed E-state index contributed by atoms with van der Waals surface area (Å²) < 4.78 is 2.33. The molecule has 1 heterocycles. The van der Waals surface area contributed by atoms with Gasteiger partial charge >= 0.3 is 0 Å². The van der Waals surface area contributed by atoms with Gasteiger partial charge in [-0.3, -0.25) is 0 Å². The molecule has 2 aromatic rings. The number of imidazole rings is 1. The van der Waals surface area contributed by atoms with E-state index in [9.17, 15) is 0 Å². The van der Waals surface area contributed by atoms with Crippen molar-refractivity contribution in [1.82, 2.24) is 9.55 Å². The quantitative estimate of drug-likeness (QED) is 0.809. The van der Waals surface area contributed by atoms with Crippen LogP contribution in [0.4, 0.5) is 0 Å². The molecule has 0 aliphatic heterocycles. The van der Waals surface area contributed by atoms with Crippen molar-refractivity contribution in [2.75, 3.05) is 0 Å². The minimum Gasteiger partial charge on any atom is -0.324 e. The van der Waals surface area contributed by atoms with Crippen LogP contribution >= 0.6 is 0 Å². The van der Waals surface area contributed by atoms with Crippen LogP contribution < -0.4 is 5.73 Å². The molecule has 0 bridgehead atoms. The maximum atomic E-state index is 5.75. The number of para-hydroxylation sites is 2. The molecule has 0 spiro atoms. The lowest BCUT2D eigenvalue weighted by Crippen LogP contribution is -2.20. The second-order valence-electron chi connectivity index (χ2n) is 4.18. The molecule has 0 atom stereocenters. The van der Waals surface area contributed by atoms with Crippen LogP contribution in [0.25, 0.3) is 11.0 Å². The van der Waals surface area contributed by atoms with Crippen LogP contribution in [0.5, 0.6) is 0 Å². The monoisotopic (exact) mass is 201 g/mol. The van der Waals surface area contributed by atoms with Gasteiger partial charge in [0.25, 0.3) is 0 Å². The lowest BCUT2D eigenvalue weighted by molar-refractivity contribution is 0.313. The van der Waals surface area contributed by atoms with Crippen LogP contribution in [0.3, 0.4) is 0 Å². The molecule has 3 nitrogen and oxygen atoms in total. The van der Waals surface area contributed by atoms with Crippen molar-refractivity contribution in [1.29, 1.82) is 0 Å². The predicted octanol–water partition coefficient (Wildman–Crippen LogP) is 2.22. The Morgan fingerprint density at radius 3 is 2.80 bits per heavy atom. The van der Waals surface area contributed by atoms with Gasteiger partial charge in [0.2, 0.25) is 0 Å². The SMILES string of the molecule is NCc1nc2ccccc2n1C1CCC1. The Morgan fingerprint density at radius 1 is 1.33 bits per heavy atom. The third-order valence-electron chi connectivity index (χ3n) is 3.29. The van der Waals surface area contributed by atoms with Gasteiger partial charge < -0.3 is 10.3 Å². The van der Waals surface area contributed by atoms with Gasteiger partial charge in [-0.25, -0.2) is 4.98 Å². The standard InChI is InChI=1S/C12H15N3/c13-8-12-14-10-6-1-2-7-11(10)15(12)9-4-3-5-9/h1-2,6-7,9H,3-5,8,13H2. The highest BCUT2D eigenvalue weighted by Crippen LogP contribution is 2.35. The fraction of sp³-hybridized carbons (Fsp3) is 0.417. The molecule has 1 saturated carbocycles. The van der Waals surface area contributed by atoms with Crippen LogP contribution in [0.2, 0.25) is 0 Å². The second-order valence-corrected chi connectivity index (χ2v) is 4.18. The van der Waals surface area contributed by atoms with Crippen LogP contribution in [0.1, 0.15) is 31.1 Å². The molecule has 0 unspecified atom stereocenters. The average Bonchev–Trinajstić information content (AvgIpc) is 2.55. The molecular weight excluding hydrogens is 186 g/mol. The van der Waals surface area contributed by atoms with E-state index in [0.29, 0.717) is 12.6 Å². The summed E-state index contributed by atoms with van der Waals surface area (Å²) in [7, 11) is 0. The Balaban J connectivity index is 2.22. The van der Waals surface area contributed by atoms with Gasteiger partial charge in [-0.2, -0.15) is 0 Å². The van der Waals surface area contributed by atoms with E-state index in [2.05, 4.69) is 27.8 Å². The third kappa shape index (κ3) is 1.27. The summed E-state index contributed by atoms with van der Waals surface area (Å²) in [5.74, 6) is 1.03. The Kier molecular flexibility index (Phi) is 1.99. The van der Waals surface area contributed by atoms with Gasteiger partial charge in [0.1, 0.15) is 5.82 Å². The van der Waals surface area contributed by atoms with Gasteiger partial charge in [-0.1, -0.05) is 12.1 Å². The highest BCUT2D eigenvalue weighted by atomic mass is 15.1. The van der Waals surface area contributed by atoms with Gasteiger partial charge in [-0.05, 0) is 31.4 Å². The summed E-state index contributed by atoms with van der Waals surface area (Å²) in [4.78, 5) is 4.57. The second kappa shape index (κ2) is 3.35. The smallest absolute Gasteiger partial charge is 0.123 e. The van der Waals surface area contributed by atoms with Crippen LogP contribution in [-0.2, 0) is 6.54 Å². The molecule has 0 amide bonds. The van der Waals surface area contributed by atoms with E-state index < -0.39 is 0 Å².